The third-order valence-electron chi connectivity index (χ3n) is 5.55. The van der Waals surface area contributed by atoms with E-state index in [1.807, 2.05) is 43.1 Å². The molecule has 152 valence electrons. The highest BCUT2D eigenvalue weighted by Gasteiger charge is 2.37. The topological polar surface area (TPSA) is 61.7 Å². The highest BCUT2D eigenvalue weighted by atomic mass is 16.5. The molecule has 2 aromatic carbocycles. The number of anilines is 1. The normalized spacial score (nSPS) is 19.6. The Morgan fingerprint density at radius 1 is 1.17 bits per heavy atom. The zero-order valence-corrected chi connectivity index (χ0v) is 17.3. The van der Waals surface area contributed by atoms with Crippen molar-refractivity contribution >= 4 is 16.7 Å². The van der Waals surface area contributed by atoms with Gasteiger partial charge in [0, 0.05) is 38.6 Å². The number of benzene rings is 2. The summed E-state index contributed by atoms with van der Waals surface area (Å²) in [6, 6.07) is 16.2. The largest absolute Gasteiger partial charge is 0.497 e. The number of hydrogen-bond acceptors (Lipinski definition) is 6. The SMILES string of the molecule is COc1ccc2nc(C)nc(N(C)CC3(O)CCN(Cc4ccccc4)C3)c2c1. The van der Waals surface area contributed by atoms with Crippen LogP contribution in [-0.4, -0.2) is 59.4 Å². The van der Waals surface area contributed by atoms with Crippen molar-refractivity contribution in [2.75, 3.05) is 38.7 Å². The molecule has 6 nitrogen and oxygen atoms in total. The first-order valence-electron chi connectivity index (χ1n) is 9.98. The number of likely N-dealkylation sites (N-methyl/N-ethyl adjacent to an activating group) is 1. The van der Waals surface area contributed by atoms with Crippen LogP contribution in [0.3, 0.4) is 0 Å². The minimum absolute atomic E-state index is 0.515. The van der Waals surface area contributed by atoms with E-state index < -0.39 is 5.60 Å². The highest BCUT2D eigenvalue weighted by Crippen LogP contribution is 2.30. The van der Waals surface area contributed by atoms with E-state index in [9.17, 15) is 5.11 Å². The average Bonchev–Trinajstić information content (AvgIpc) is 3.07. The number of aliphatic hydroxyl groups is 1. The lowest BCUT2D eigenvalue weighted by molar-refractivity contribution is 0.0561. The Bertz CT molecular complexity index is 995. The van der Waals surface area contributed by atoms with Crippen molar-refractivity contribution in [2.24, 2.45) is 0 Å². The molecule has 0 amide bonds. The monoisotopic (exact) mass is 392 g/mol. The van der Waals surface area contributed by atoms with Crippen LogP contribution in [0.15, 0.2) is 48.5 Å². The molecule has 2 heterocycles. The second-order valence-corrected chi connectivity index (χ2v) is 8.00. The van der Waals surface area contributed by atoms with E-state index in [1.165, 1.54) is 5.56 Å². The molecule has 1 saturated heterocycles. The molecule has 0 bridgehead atoms. The summed E-state index contributed by atoms with van der Waals surface area (Å²) in [4.78, 5) is 13.6. The van der Waals surface area contributed by atoms with Gasteiger partial charge in [0.05, 0.1) is 18.2 Å². The minimum atomic E-state index is -0.770. The second-order valence-electron chi connectivity index (χ2n) is 8.00. The number of aryl methyl sites for hydroxylation is 1. The van der Waals surface area contributed by atoms with Crippen molar-refractivity contribution in [3.05, 3.63) is 59.9 Å². The number of likely N-dealkylation sites (tertiary alicyclic amines) is 1. The Morgan fingerprint density at radius 3 is 2.72 bits per heavy atom. The lowest BCUT2D eigenvalue weighted by Gasteiger charge is -2.30. The fraction of sp³-hybridized carbons (Fsp3) is 0.391. The predicted octanol–water partition coefficient (Wildman–Crippen LogP) is 3.02. The molecule has 0 saturated carbocycles. The average molecular weight is 393 g/mol. The summed E-state index contributed by atoms with van der Waals surface area (Å²) in [5.74, 6) is 2.31. The first-order valence-corrected chi connectivity index (χ1v) is 9.98. The Morgan fingerprint density at radius 2 is 1.97 bits per heavy atom. The van der Waals surface area contributed by atoms with Crippen LogP contribution in [0.1, 0.15) is 17.8 Å². The molecule has 3 aromatic rings. The van der Waals surface area contributed by atoms with Gasteiger partial charge in [-0.25, -0.2) is 9.97 Å². The smallest absolute Gasteiger partial charge is 0.140 e. The molecule has 1 atom stereocenters. The molecule has 1 aliphatic rings. The van der Waals surface area contributed by atoms with Crippen LogP contribution in [0.4, 0.5) is 5.82 Å². The van der Waals surface area contributed by atoms with Gasteiger partial charge in [0.25, 0.3) is 0 Å². The predicted molar refractivity (Wildman–Crippen MR) is 115 cm³/mol. The van der Waals surface area contributed by atoms with Crippen molar-refractivity contribution in [2.45, 2.75) is 25.5 Å². The van der Waals surface area contributed by atoms with Crippen LogP contribution in [-0.2, 0) is 6.54 Å². The number of rotatable bonds is 6. The maximum absolute atomic E-state index is 11.3. The maximum Gasteiger partial charge on any atom is 0.140 e. The molecule has 4 rings (SSSR count). The van der Waals surface area contributed by atoms with Crippen LogP contribution in [0, 0.1) is 6.92 Å². The van der Waals surface area contributed by atoms with Crippen LogP contribution in [0.2, 0.25) is 0 Å². The number of hydrogen-bond donors (Lipinski definition) is 1. The summed E-state index contributed by atoms with van der Waals surface area (Å²) < 4.78 is 5.38. The highest BCUT2D eigenvalue weighted by molar-refractivity contribution is 5.90. The minimum Gasteiger partial charge on any atom is -0.497 e. The van der Waals surface area contributed by atoms with E-state index in [2.05, 4.69) is 39.1 Å². The first kappa shape index (κ1) is 19.6. The molecule has 29 heavy (non-hydrogen) atoms. The van der Waals surface area contributed by atoms with Gasteiger partial charge in [-0.15, -0.1) is 0 Å². The zero-order chi connectivity index (χ0) is 20.4. The summed E-state index contributed by atoms with van der Waals surface area (Å²) in [6.07, 6.45) is 0.746. The van der Waals surface area contributed by atoms with Gasteiger partial charge in [-0.05, 0) is 37.1 Å². The van der Waals surface area contributed by atoms with E-state index in [0.717, 1.165) is 42.0 Å². The molecule has 1 aliphatic heterocycles. The third kappa shape index (κ3) is 4.33. The molecule has 0 spiro atoms. The summed E-state index contributed by atoms with van der Waals surface area (Å²) in [7, 11) is 3.64. The van der Waals surface area contributed by atoms with Gasteiger partial charge in [0.2, 0.25) is 0 Å². The molecule has 1 N–H and O–H groups in total. The zero-order valence-electron chi connectivity index (χ0n) is 17.3. The lowest BCUT2D eigenvalue weighted by atomic mass is 10.0. The van der Waals surface area contributed by atoms with E-state index >= 15 is 0 Å². The molecular formula is C23H28N4O2. The van der Waals surface area contributed by atoms with Gasteiger partial charge in [-0.3, -0.25) is 4.90 Å². The van der Waals surface area contributed by atoms with E-state index in [1.54, 1.807) is 7.11 Å². The quantitative estimate of drug-likeness (QED) is 0.696. The number of methoxy groups -OCH3 is 1. The fourth-order valence-electron chi connectivity index (χ4n) is 4.19. The van der Waals surface area contributed by atoms with Crippen LogP contribution in [0.5, 0.6) is 5.75 Å². The van der Waals surface area contributed by atoms with Crippen molar-refractivity contribution in [1.29, 1.82) is 0 Å². The molecule has 0 aliphatic carbocycles. The molecule has 1 unspecified atom stereocenters. The fourth-order valence-corrected chi connectivity index (χ4v) is 4.19. The van der Waals surface area contributed by atoms with Gasteiger partial charge in [-0.2, -0.15) is 0 Å². The molecule has 6 heteroatoms. The van der Waals surface area contributed by atoms with E-state index in [0.29, 0.717) is 18.9 Å². The molecule has 1 fully saturated rings. The Balaban J connectivity index is 1.52. The maximum atomic E-state index is 11.3. The number of fused-ring (bicyclic) bond motifs is 1. The van der Waals surface area contributed by atoms with Gasteiger partial charge < -0.3 is 14.7 Å². The molecule has 0 radical (unpaired) electrons. The van der Waals surface area contributed by atoms with Crippen molar-refractivity contribution in [3.8, 4) is 5.75 Å². The standard InChI is InChI=1S/C23H28N4O2/c1-17-24-21-10-9-19(29-3)13-20(21)22(25-17)26(2)15-23(28)11-12-27(16-23)14-18-7-5-4-6-8-18/h4-10,13,28H,11-12,14-16H2,1-3H3. The summed E-state index contributed by atoms with van der Waals surface area (Å²) >= 11 is 0. The van der Waals surface area contributed by atoms with Gasteiger partial charge >= 0.3 is 0 Å². The molecule has 1 aromatic heterocycles. The second kappa shape index (κ2) is 7.97. The number of aromatic nitrogens is 2. The van der Waals surface area contributed by atoms with Gasteiger partial charge in [-0.1, -0.05) is 30.3 Å². The Hall–Kier alpha value is -2.70. The van der Waals surface area contributed by atoms with Crippen LogP contribution in [0.25, 0.3) is 10.9 Å². The number of ether oxygens (including phenoxy) is 1. The number of nitrogens with zero attached hydrogens (tertiary/aromatic N) is 4. The first-order chi connectivity index (χ1) is 14.0. The van der Waals surface area contributed by atoms with Crippen molar-refractivity contribution in [3.63, 3.8) is 0 Å². The van der Waals surface area contributed by atoms with E-state index in [-0.39, 0.29) is 0 Å². The number of β-amino-alcohol motifs (C(OH)–C–C–N with tert-alkyl or cyclic N) is 1. The lowest BCUT2D eigenvalue weighted by Crippen LogP contribution is -2.44. The summed E-state index contributed by atoms with van der Waals surface area (Å²) in [6.45, 7) is 4.81. The van der Waals surface area contributed by atoms with Crippen LogP contribution < -0.4 is 9.64 Å². The van der Waals surface area contributed by atoms with Gasteiger partial charge in [0.15, 0.2) is 0 Å². The van der Waals surface area contributed by atoms with E-state index in [4.69, 9.17) is 4.74 Å². The third-order valence-corrected chi connectivity index (χ3v) is 5.55. The summed E-state index contributed by atoms with van der Waals surface area (Å²) in [5.41, 5.74) is 1.38. The molecular weight excluding hydrogens is 364 g/mol. The van der Waals surface area contributed by atoms with Crippen LogP contribution >= 0.6 is 0 Å². The van der Waals surface area contributed by atoms with Gasteiger partial charge in [0.1, 0.15) is 17.4 Å². The summed E-state index contributed by atoms with van der Waals surface area (Å²) in [5, 5.41) is 12.2. The Kier molecular flexibility index (Phi) is 5.39. The van der Waals surface area contributed by atoms with Crippen molar-refractivity contribution in [1.82, 2.24) is 14.9 Å². The Labute approximate surface area is 171 Å². The van der Waals surface area contributed by atoms with Crippen molar-refractivity contribution < 1.29 is 9.84 Å².